The standard InChI is InChI=1S/C38H37ClFN3O5.ClH/c1-22(2)41-37(44)24-11-15-29(23-9-12-26(39)13-10-23)25(19-24)21-48-28-14-16-30(32(40)20-28)36-42-34-33(43(36)27-7-5-4-6-8-27)18-17-31(38(45)46)35(34)47-3;/h9-20,22,27H,4-8,21H2,1-3H3,(H,41,44)(H,45,46);1H. The van der Waals surface area contributed by atoms with Crippen LogP contribution in [0.3, 0.4) is 0 Å². The van der Waals surface area contributed by atoms with E-state index in [0.717, 1.165) is 48.8 Å². The minimum atomic E-state index is -1.12. The van der Waals surface area contributed by atoms with E-state index in [1.807, 2.05) is 36.6 Å². The number of methoxy groups -OCH3 is 1. The van der Waals surface area contributed by atoms with Gasteiger partial charge in [-0.25, -0.2) is 14.2 Å². The monoisotopic (exact) mass is 705 g/mol. The first-order valence-electron chi connectivity index (χ1n) is 16.1. The number of hydrogen-bond acceptors (Lipinski definition) is 5. The summed E-state index contributed by atoms with van der Waals surface area (Å²) < 4.78 is 29.8. The molecule has 11 heteroatoms. The van der Waals surface area contributed by atoms with Crippen LogP contribution >= 0.6 is 24.0 Å². The summed E-state index contributed by atoms with van der Waals surface area (Å²) >= 11 is 6.13. The summed E-state index contributed by atoms with van der Waals surface area (Å²) in [4.78, 5) is 29.6. The Morgan fingerprint density at radius 3 is 2.37 bits per heavy atom. The maximum Gasteiger partial charge on any atom is 0.339 e. The largest absolute Gasteiger partial charge is 0.493 e. The van der Waals surface area contributed by atoms with Crippen LogP contribution in [0.1, 0.15) is 78.3 Å². The van der Waals surface area contributed by atoms with Crippen molar-refractivity contribution in [2.75, 3.05) is 7.11 Å². The van der Waals surface area contributed by atoms with E-state index in [2.05, 4.69) is 5.32 Å². The summed E-state index contributed by atoms with van der Waals surface area (Å²) in [6.45, 7) is 3.88. The molecule has 0 saturated heterocycles. The maximum atomic E-state index is 16.1. The minimum absolute atomic E-state index is 0. The highest BCUT2D eigenvalue weighted by molar-refractivity contribution is 6.30. The molecular formula is C38H38Cl2FN3O5. The number of aromatic carboxylic acids is 1. The van der Waals surface area contributed by atoms with Crippen molar-refractivity contribution >= 4 is 46.9 Å². The predicted molar refractivity (Wildman–Crippen MR) is 192 cm³/mol. The van der Waals surface area contributed by atoms with Gasteiger partial charge in [0.1, 0.15) is 35.1 Å². The van der Waals surface area contributed by atoms with Gasteiger partial charge in [-0.3, -0.25) is 4.79 Å². The number of fused-ring (bicyclic) bond motifs is 1. The molecule has 1 amide bonds. The van der Waals surface area contributed by atoms with Crippen molar-refractivity contribution in [1.82, 2.24) is 14.9 Å². The van der Waals surface area contributed by atoms with Gasteiger partial charge in [-0.2, -0.15) is 0 Å². The van der Waals surface area contributed by atoms with Crippen molar-refractivity contribution in [3.63, 3.8) is 0 Å². The molecule has 1 fully saturated rings. The Labute approximate surface area is 295 Å². The normalized spacial score (nSPS) is 13.3. The Kier molecular flexibility index (Phi) is 11.2. The number of carboxylic acids is 1. The molecular weight excluding hydrogens is 668 g/mol. The number of rotatable bonds is 10. The van der Waals surface area contributed by atoms with Crippen LogP contribution in [0.4, 0.5) is 4.39 Å². The zero-order valence-electron chi connectivity index (χ0n) is 27.5. The molecule has 1 saturated carbocycles. The number of carboxylic acid groups (broad SMARTS) is 1. The molecule has 1 aliphatic rings. The van der Waals surface area contributed by atoms with Crippen molar-refractivity contribution in [2.24, 2.45) is 0 Å². The first-order valence-corrected chi connectivity index (χ1v) is 16.5. The minimum Gasteiger partial charge on any atom is -0.493 e. The quantitative estimate of drug-likeness (QED) is 0.150. The van der Waals surface area contributed by atoms with E-state index in [0.29, 0.717) is 33.2 Å². The summed E-state index contributed by atoms with van der Waals surface area (Å²) in [6, 6.07) is 20.8. The maximum absolute atomic E-state index is 16.1. The van der Waals surface area contributed by atoms with Gasteiger partial charge in [-0.15, -0.1) is 12.4 Å². The van der Waals surface area contributed by atoms with E-state index >= 15 is 4.39 Å². The first-order chi connectivity index (χ1) is 23.1. The highest BCUT2D eigenvalue weighted by atomic mass is 35.5. The Morgan fingerprint density at radius 2 is 1.71 bits per heavy atom. The Balaban J connectivity index is 0.00000468. The molecule has 256 valence electrons. The lowest BCUT2D eigenvalue weighted by Crippen LogP contribution is -2.30. The SMILES string of the molecule is COc1c(C(=O)O)ccc2c1nc(-c1ccc(OCc3cc(C(=O)NC(C)C)ccc3-c3ccc(Cl)cc3)cc1F)n2C1CCCCC1.Cl. The van der Waals surface area contributed by atoms with Crippen LogP contribution < -0.4 is 14.8 Å². The fraction of sp³-hybridized carbons (Fsp3) is 0.289. The number of carbonyl (C=O) groups is 2. The molecule has 8 nitrogen and oxygen atoms in total. The number of amides is 1. The number of hydrogen-bond donors (Lipinski definition) is 2. The van der Waals surface area contributed by atoms with E-state index in [-0.39, 0.29) is 53.9 Å². The number of nitrogens with one attached hydrogen (secondary N) is 1. The van der Waals surface area contributed by atoms with E-state index in [1.54, 1.807) is 42.5 Å². The second kappa shape index (κ2) is 15.3. The van der Waals surface area contributed by atoms with Crippen molar-refractivity contribution in [2.45, 2.75) is 64.6 Å². The van der Waals surface area contributed by atoms with Gasteiger partial charge in [0, 0.05) is 28.7 Å². The number of nitrogens with zero attached hydrogens (tertiary/aromatic N) is 2. The topological polar surface area (TPSA) is 103 Å². The van der Waals surface area contributed by atoms with Gasteiger partial charge < -0.3 is 24.5 Å². The number of carbonyl (C=O) groups excluding carboxylic acids is 1. The Morgan fingerprint density at radius 1 is 1.00 bits per heavy atom. The third-order valence-corrected chi connectivity index (χ3v) is 8.96. The summed E-state index contributed by atoms with van der Waals surface area (Å²) in [7, 11) is 1.41. The molecule has 0 aliphatic heterocycles. The van der Waals surface area contributed by atoms with Crippen LogP contribution in [0.5, 0.6) is 11.5 Å². The molecule has 0 bridgehead atoms. The molecule has 0 atom stereocenters. The molecule has 1 aromatic heterocycles. The summed E-state index contributed by atoms with van der Waals surface area (Å²) in [5.41, 5.74) is 4.36. The zero-order valence-corrected chi connectivity index (χ0v) is 29.0. The molecule has 0 unspecified atom stereocenters. The Hall–Kier alpha value is -4.60. The van der Waals surface area contributed by atoms with Crippen LogP contribution in [0.25, 0.3) is 33.5 Å². The van der Waals surface area contributed by atoms with Crippen molar-refractivity contribution in [1.29, 1.82) is 0 Å². The van der Waals surface area contributed by atoms with Crippen LogP contribution in [0.2, 0.25) is 5.02 Å². The molecule has 4 aromatic carbocycles. The number of ether oxygens (including phenoxy) is 2. The average Bonchev–Trinajstić information content (AvgIpc) is 3.46. The molecule has 5 aromatic rings. The van der Waals surface area contributed by atoms with Gasteiger partial charge in [-0.1, -0.05) is 49.1 Å². The van der Waals surface area contributed by atoms with E-state index in [4.69, 9.17) is 26.1 Å². The fourth-order valence-electron chi connectivity index (χ4n) is 6.45. The van der Waals surface area contributed by atoms with Gasteiger partial charge in [0.15, 0.2) is 5.75 Å². The van der Waals surface area contributed by atoms with Crippen molar-refractivity contribution < 1.29 is 28.6 Å². The highest BCUT2D eigenvalue weighted by Crippen LogP contribution is 2.40. The van der Waals surface area contributed by atoms with Gasteiger partial charge in [0.2, 0.25) is 0 Å². The second-order valence-electron chi connectivity index (χ2n) is 12.4. The van der Waals surface area contributed by atoms with E-state index in [1.165, 1.54) is 19.2 Å². The number of aromatic nitrogens is 2. The van der Waals surface area contributed by atoms with Crippen LogP contribution in [-0.2, 0) is 6.61 Å². The van der Waals surface area contributed by atoms with Gasteiger partial charge >= 0.3 is 5.97 Å². The number of benzene rings is 4. The second-order valence-corrected chi connectivity index (χ2v) is 12.8. The molecule has 6 rings (SSSR count). The third kappa shape index (κ3) is 7.53. The van der Waals surface area contributed by atoms with Crippen molar-refractivity contribution in [3.8, 4) is 34.0 Å². The highest BCUT2D eigenvalue weighted by Gasteiger charge is 2.27. The van der Waals surface area contributed by atoms with Gasteiger partial charge in [-0.05, 0) is 91.9 Å². The number of halogens is 3. The van der Waals surface area contributed by atoms with Crippen LogP contribution in [0.15, 0.2) is 72.8 Å². The third-order valence-electron chi connectivity index (χ3n) is 8.71. The number of imidazole rings is 1. The lowest BCUT2D eigenvalue weighted by atomic mass is 9.94. The average molecular weight is 707 g/mol. The first kappa shape index (κ1) is 35.7. The Bertz CT molecular complexity index is 1990. The fourth-order valence-corrected chi connectivity index (χ4v) is 6.58. The lowest BCUT2D eigenvalue weighted by Gasteiger charge is -2.26. The van der Waals surface area contributed by atoms with E-state index < -0.39 is 11.8 Å². The summed E-state index contributed by atoms with van der Waals surface area (Å²) in [5, 5.41) is 13.3. The smallest absolute Gasteiger partial charge is 0.339 e. The van der Waals surface area contributed by atoms with Crippen LogP contribution in [0, 0.1) is 5.82 Å². The van der Waals surface area contributed by atoms with E-state index in [9.17, 15) is 14.7 Å². The predicted octanol–water partition coefficient (Wildman–Crippen LogP) is 9.51. The molecule has 1 aliphatic carbocycles. The molecule has 1 heterocycles. The zero-order chi connectivity index (χ0) is 33.9. The van der Waals surface area contributed by atoms with Gasteiger partial charge in [0.05, 0.1) is 18.2 Å². The van der Waals surface area contributed by atoms with Gasteiger partial charge in [0.25, 0.3) is 5.91 Å². The molecule has 49 heavy (non-hydrogen) atoms. The molecule has 0 radical (unpaired) electrons. The molecule has 0 spiro atoms. The summed E-state index contributed by atoms with van der Waals surface area (Å²) in [5.74, 6) is -0.980. The van der Waals surface area contributed by atoms with Crippen molar-refractivity contribution in [3.05, 3.63) is 100 Å². The lowest BCUT2D eigenvalue weighted by molar-refractivity contribution is 0.0693. The summed E-state index contributed by atoms with van der Waals surface area (Å²) in [6.07, 6.45) is 5.04. The van der Waals surface area contributed by atoms with Crippen LogP contribution in [-0.4, -0.2) is 39.7 Å². The molecule has 2 N–H and O–H groups in total.